The second-order valence-electron chi connectivity index (χ2n) is 8.32. The Hall–Kier alpha value is -4.07. The highest BCUT2D eigenvalue weighted by Gasteiger charge is 2.23. The molecule has 182 valence electrons. The van der Waals surface area contributed by atoms with E-state index in [-0.39, 0.29) is 11.8 Å². The Bertz CT molecular complexity index is 1190. The molecular formula is C27H29N3O5. The quantitative estimate of drug-likeness (QED) is 0.482. The summed E-state index contributed by atoms with van der Waals surface area (Å²) in [6.45, 7) is 6.07. The van der Waals surface area contributed by atoms with Crippen molar-refractivity contribution in [3.63, 3.8) is 0 Å². The van der Waals surface area contributed by atoms with Gasteiger partial charge in [-0.15, -0.1) is 0 Å². The van der Waals surface area contributed by atoms with Gasteiger partial charge in [0.25, 0.3) is 5.91 Å². The van der Waals surface area contributed by atoms with Gasteiger partial charge in [-0.3, -0.25) is 9.59 Å². The molecular weight excluding hydrogens is 446 g/mol. The largest absolute Gasteiger partial charge is 0.493 e. The minimum absolute atomic E-state index is 0.00278. The van der Waals surface area contributed by atoms with E-state index in [1.54, 1.807) is 29.1 Å². The van der Waals surface area contributed by atoms with E-state index in [1.165, 1.54) is 0 Å². The second kappa shape index (κ2) is 10.9. The molecule has 0 bridgehead atoms. The zero-order valence-corrected chi connectivity index (χ0v) is 20.2. The van der Waals surface area contributed by atoms with Crippen LogP contribution < -0.4 is 9.47 Å². The third kappa shape index (κ3) is 5.71. The molecule has 0 spiro atoms. The lowest BCUT2D eigenvalue weighted by molar-refractivity contribution is -0.127. The standard InChI is InChI=1S/C27H29N3O5/c1-19-23(20(2)35-28-19)18-34-24-11-9-21(17-25(24)33-3)10-12-26(31)29-13-15-30(16-14-29)27(32)22-7-5-4-6-8-22/h4-12,17H,13-16,18H2,1-3H3/b12-10+. The van der Waals surface area contributed by atoms with Crippen LogP contribution in [0, 0.1) is 13.8 Å². The van der Waals surface area contributed by atoms with E-state index in [9.17, 15) is 9.59 Å². The summed E-state index contributed by atoms with van der Waals surface area (Å²) in [6, 6.07) is 14.7. The van der Waals surface area contributed by atoms with Crippen molar-refractivity contribution in [2.75, 3.05) is 33.3 Å². The third-order valence-corrected chi connectivity index (χ3v) is 6.06. The number of rotatable bonds is 7. The third-order valence-electron chi connectivity index (χ3n) is 6.06. The van der Waals surface area contributed by atoms with Gasteiger partial charge in [0.2, 0.25) is 5.91 Å². The van der Waals surface area contributed by atoms with E-state index in [0.717, 1.165) is 22.6 Å². The van der Waals surface area contributed by atoms with E-state index in [0.29, 0.717) is 49.8 Å². The molecule has 1 aromatic heterocycles. The molecule has 0 saturated carbocycles. The first-order valence-corrected chi connectivity index (χ1v) is 11.5. The predicted octanol–water partition coefficient (Wildman–Crippen LogP) is 3.88. The minimum Gasteiger partial charge on any atom is -0.493 e. The molecule has 0 radical (unpaired) electrons. The highest BCUT2D eigenvalue weighted by molar-refractivity contribution is 5.95. The molecule has 2 amide bonds. The maximum absolute atomic E-state index is 12.7. The van der Waals surface area contributed by atoms with Crippen molar-refractivity contribution in [1.29, 1.82) is 0 Å². The molecule has 0 unspecified atom stereocenters. The number of ether oxygens (including phenoxy) is 2. The molecule has 0 N–H and O–H groups in total. The lowest BCUT2D eigenvalue weighted by atomic mass is 10.1. The van der Waals surface area contributed by atoms with Gasteiger partial charge >= 0.3 is 0 Å². The Kier molecular flexibility index (Phi) is 7.50. The predicted molar refractivity (Wildman–Crippen MR) is 131 cm³/mol. The lowest BCUT2D eigenvalue weighted by Crippen LogP contribution is -2.50. The molecule has 2 heterocycles. The summed E-state index contributed by atoms with van der Waals surface area (Å²) < 4.78 is 16.6. The van der Waals surface area contributed by atoms with Gasteiger partial charge in [-0.2, -0.15) is 0 Å². The van der Waals surface area contributed by atoms with Crippen molar-refractivity contribution >= 4 is 17.9 Å². The van der Waals surface area contributed by atoms with Gasteiger partial charge < -0.3 is 23.8 Å². The van der Waals surface area contributed by atoms with Gasteiger partial charge in [0.15, 0.2) is 11.5 Å². The number of aryl methyl sites for hydroxylation is 2. The number of benzene rings is 2. The van der Waals surface area contributed by atoms with Crippen LogP contribution in [-0.4, -0.2) is 60.1 Å². The van der Waals surface area contributed by atoms with Gasteiger partial charge in [-0.05, 0) is 49.8 Å². The summed E-state index contributed by atoms with van der Waals surface area (Å²) in [5.41, 5.74) is 3.19. The number of aromatic nitrogens is 1. The van der Waals surface area contributed by atoms with Crippen LogP contribution in [0.1, 0.15) is 32.9 Å². The van der Waals surface area contributed by atoms with Gasteiger partial charge in [-0.25, -0.2) is 0 Å². The maximum atomic E-state index is 12.7. The van der Waals surface area contributed by atoms with Crippen molar-refractivity contribution in [2.24, 2.45) is 0 Å². The highest BCUT2D eigenvalue weighted by atomic mass is 16.5. The average Bonchev–Trinajstić information content (AvgIpc) is 3.23. The first-order valence-electron chi connectivity index (χ1n) is 11.5. The van der Waals surface area contributed by atoms with Crippen LogP contribution in [0.5, 0.6) is 11.5 Å². The smallest absolute Gasteiger partial charge is 0.253 e. The highest BCUT2D eigenvalue weighted by Crippen LogP contribution is 2.30. The van der Waals surface area contributed by atoms with Crippen molar-refractivity contribution < 1.29 is 23.6 Å². The molecule has 1 aliphatic heterocycles. The fraction of sp³-hybridized carbons (Fsp3) is 0.296. The SMILES string of the molecule is COc1cc(/C=C/C(=O)N2CCN(C(=O)c3ccccc3)CC2)ccc1OCc1c(C)noc1C. The van der Waals surface area contributed by atoms with Crippen LogP contribution >= 0.6 is 0 Å². The topological polar surface area (TPSA) is 85.1 Å². The summed E-state index contributed by atoms with van der Waals surface area (Å²) in [6.07, 6.45) is 3.30. The molecule has 1 saturated heterocycles. The first-order chi connectivity index (χ1) is 17.0. The Balaban J connectivity index is 1.33. The lowest BCUT2D eigenvalue weighted by Gasteiger charge is -2.34. The summed E-state index contributed by atoms with van der Waals surface area (Å²) in [5, 5.41) is 3.94. The van der Waals surface area contributed by atoms with Crippen LogP contribution in [0.25, 0.3) is 6.08 Å². The molecule has 8 nitrogen and oxygen atoms in total. The van der Waals surface area contributed by atoms with Crippen molar-refractivity contribution in [3.05, 3.63) is 82.8 Å². The molecule has 2 aromatic carbocycles. The Morgan fingerprint density at radius 1 is 1.00 bits per heavy atom. The fourth-order valence-electron chi connectivity index (χ4n) is 3.93. The Morgan fingerprint density at radius 3 is 2.37 bits per heavy atom. The minimum atomic E-state index is -0.0884. The summed E-state index contributed by atoms with van der Waals surface area (Å²) in [4.78, 5) is 28.8. The number of carbonyl (C=O) groups is 2. The van der Waals surface area contributed by atoms with Crippen LogP contribution in [0.3, 0.4) is 0 Å². The van der Waals surface area contributed by atoms with Gasteiger partial charge in [0.1, 0.15) is 12.4 Å². The molecule has 35 heavy (non-hydrogen) atoms. The normalized spacial score (nSPS) is 13.8. The van der Waals surface area contributed by atoms with Crippen molar-refractivity contribution in [1.82, 2.24) is 15.0 Å². The molecule has 1 aliphatic rings. The average molecular weight is 476 g/mol. The number of nitrogens with zero attached hydrogens (tertiary/aromatic N) is 3. The molecule has 8 heteroatoms. The number of carbonyl (C=O) groups excluding carboxylic acids is 2. The van der Waals surface area contributed by atoms with Crippen LogP contribution in [0.4, 0.5) is 0 Å². The van der Waals surface area contributed by atoms with Gasteiger partial charge in [0, 0.05) is 37.8 Å². The van der Waals surface area contributed by atoms with Crippen LogP contribution in [0.2, 0.25) is 0 Å². The van der Waals surface area contributed by atoms with E-state index in [4.69, 9.17) is 14.0 Å². The van der Waals surface area contributed by atoms with E-state index in [1.807, 2.05) is 62.4 Å². The molecule has 0 atom stereocenters. The summed E-state index contributed by atoms with van der Waals surface area (Å²) in [5.74, 6) is 1.80. The fourth-order valence-corrected chi connectivity index (χ4v) is 3.93. The van der Waals surface area contributed by atoms with E-state index >= 15 is 0 Å². The Labute approximate surface area is 204 Å². The molecule has 1 fully saturated rings. The first kappa shape index (κ1) is 24.1. The monoisotopic (exact) mass is 475 g/mol. The van der Waals surface area contributed by atoms with E-state index < -0.39 is 0 Å². The Morgan fingerprint density at radius 2 is 1.71 bits per heavy atom. The number of amides is 2. The molecule has 4 rings (SSSR count). The maximum Gasteiger partial charge on any atom is 0.253 e. The van der Waals surface area contributed by atoms with E-state index in [2.05, 4.69) is 5.16 Å². The van der Waals surface area contributed by atoms with Crippen LogP contribution in [-0.2, 0) is 11.4 Å². The second-order valence-corrected chi connectivity index (χ2v) is 8.32. The van der Waals surface area contributed by atoms with Crippen molar-refractivity contribution in [2.45, 2.75) is 20.5 Å². The zero-order valence-electron chi connectivity index (χ0n) is 20.2. The van der Waals surface area contributed by atoms with Crippen molar-refractivity contribution in [3.8, 4) is 11.5 Å². The zero-order chi connectivity index (χ0) is 24.8. The number of methoxy groups -OCH3 is 1. The molecule has 3 aromatic rings. The summed E-state index contributed by atoms with van der Waals surface area (Å²) >= 11 is 0. The number of hydrogen-bond acceptors (Lipinski definition) is 6. The summed E-state index contributed by atoms with van der Waals surface area (Å²) in [7, 11) is 1.58. The van der Waals surface area contributed by atoms with Gasteiger partial charge in [0.05, 0.1) is 18.4 Å². The van der Waals surface area contributed by atoms with Crippen LogP contribution in [0.15, 0.2) is 59.1 Å². The van der Waals surface area contributed by atoms with Gasteiger partial charge in [-0.1, -0.05) is 29.4 Å². The molecule has 0 aliphatic carbocycles. The number of hydrogen-bond donors (Lipinski definition) is 0. The number of piperazine rings is 1.